The highest BCUT2D eigenvalue weighted by molar-refractivity contribution is 7.10. The number of thiophene rings is 1. The summed E-state index contributed by atoms with van der Waals surface area (Å²) in [6.45, 7) is 5.41. The third-order valence-electron chi connectivity index (χ3n) is 3.33. The fraction of sp³-hybridized carbons (Fsp3) is 0.533. The van der Waals surface area contributed by atoms with Gasteiger partial charge in [0.15, 0.2) is 0 Å². The Labute approximate surface area is 119 Å². The number of hydrogen-bond donors (Lipinski definition) is 1. The van der Waals surface area contributed by atoms with Crippen LogP contribution in [0.4, 0.5) is 0 Å². The van der Waals surface area contributed by atoms with E-state index in [2.05, 4.69) is 47.8 Å². The Balaban J connectivity index is 2.12. The van der Waals surface area contributed by atoms with Crippen molar-refractivity contribution in [1.29, 1.82) is 0 Å². The monoisotopic (exact) mass is 277 g/mol. The number of nitrogens with one attached hydrogen (secondary N) is 1. The van der Waals surface area contributed by atoms with Crippen molar-refractivity contribution >= 4 is 11.3 Å². The lowest BCUT2D eigenvalue weighted by Crippen LogP contribution is -2.24. The average molecular weight is 277 g/mol. The van der Waals surface area contributed by atoms with Gasteiger partial charge in [-0.1, -0.05) is 19.9 Å². The lowest BCUT2D eigenvalue weighted by molar-refractivity contribution is 0.518. The SMILES string of the molecule is CCCNC(Cc1cc(CC)nn1C)c1cccs1. The molecule has 2 aromatic rings. The predicted octanol–water partition coefficient (Wildman–Crippen LogP) is 3.33. The van der Waals surface area contributed by atoms with Gasteiger partial charge in [0.2, 0.25) is 0 Å². The summed E-state index contributed by atoms with van der Waals surface area (Å²) in [7, 11) is 2.04. The summed E-state index contributed by atoms with van der Waals surface area (Å²) < 4.78 is 2.02. The van der Waals surface area contributed by atoms with Gasteiger partial charge in [-0.25, -0.2) is 0 Å². The van der Waals surface area contributed by atoms with Crippen molar-refractivity contribution < 1.29 is 0 Å². The highest BCUT2D eigenvalue weighted by atomic mass is 32.1. The minimum Gasteiger partial charge on any atom is -0.309 e. The largest absolute Gasteiger partial charge is 0.309 e. The van der Waals surface area contributed by atoms with Gasteiger partial charge in [-0.2, -0.15) is 5.10 Å². The molecule has 0 spiro atoms. The van der Waals surface area contributed by atoms with E-state index in [0.717, 1.165) is 25.8 Å². The van der Waals surface area contributed by atoms with Gasteiger partial charge in [-0.3, -0.25) is 4.68 Å². The molecule has 2 rings (SSSR count). The minimum absolute atomic E-state index is 0.403. The minimum atomic E-state index is 0.403. The third kappa shape index (κ3) is 3.67. The Bertz CT molecular complexity index is 487. The third-order valence-corrected chi connectivity index (χ3v) is 4.32. The molecule has 1 atom stereocenters. The fourth-order valence-corrected chi connectivity index (χ4v) is 3.03. The second-order valence-corrected chi connectivity index (χ2v) is 5.81. The van der Waals surface area contributed by atoms with E-state index in [4.69, 9.17) is 0 Å². The first-order chi connectivity index (χ1) is 9.24. The first-order valence-corrected chi connectivity index (χ1v) is 7.91. The van der Waals surface area contributed by atoms with E-state index >= 15 is 0 Å². The molecule has 0 fully saturated rings. The first kappa shape index (κ1) is 14.3. The molecule has 1 N–H and O–H groups in total. The molecular formula is C15H23N3S. The smallest absolute Gasteiger partial charge is 0.0624 e. The molecule has 0 saturated heterocycles. The van der Waals surface area contributed by atoms with Crippen LogP contribution in [0.2, 0.25) is 0 Å². The molecule has 1 unspecified atom stereocenters. The van der Waals surface area contributed by atoms with Gasteiger partial charge in [0, 0.05) is 30.1 Å². The van der Waals surface area contributed by atoms with Gasteiger partial charge in [-0.05, 0) is 36.9 Å². The number of hydrogen-bond acceptors (Lipinski definition) is 3. The van der Waals surface area contributed by atoms with Crippen molar-refractivity contribution in [3.63, 3.8) is 0 Å². The summed E-state index contributed by atoms with van der Waals surface area (Å²) in [4.78, 5) is 1.41. The van der Waals surface area contributed by atoms with Crippen LogP contribution < -0.4 is 5.32 Å². The van der Waals surface area contributed by atoms with Crippen LogP contribution in [0.5, 0.6) is 0 Å². The van der Waals surface area contributed by atoms with Gasteiger partial charge in [0.05, 0.1) is 5.69 Å². The Morgan fingerprint density at radius 1 is 1.42 bits per heavy atom. The zero-order valence-electron chi connectivity index (χ0n) is 12.0. The molecule has 104 valence electrons. The number of aromatic nitrogens is 2. The van der Waals surface area contributed by atoms with Gasteiger partial charge in [0.1, 0.15) is 0 Å². The first-order valence-electron chi connectivity index (χ1n) is 7.03. The van der Waals surface area contributed by atoms with Crippen LogP contribution in [-0.4, -0.2) is 16.3 Å². The summed E-state index contributed by atoms with van der Waals surface area (Å²) in [6.07, 6.45) is 3.16. The van der Waals surface area contributed by atoms with E-state index in [0.29, 0.717) is 6.04 Å². The standard InChI is InChI=1S/C15H23N3S/c1-4-8-16-14(15-7-6-9-19-15)11-13-10-12(5-2)17-18(13)3/h6-7,9-10,14,16H,4-5,8,11H2,1-3H3. The van der Waals surface area contributed by atoms with Crippen LogP contribution in [0, 0.1) is 0 Å². The van der Waals surface area contributed by atoms with Gasteiger partial charge >= 0.3 is 0 Å². The highest BCUT2D eigenvalue weighted by Crippen LogP contribution is 2.23. The lowest BCUT2D eigenvalue weighted by Gasteiger charge is -2.17. The van der Waals surface area contributed by atoms with Crippen molar-refractivity contribution in [3.05, 3.63) is 39.8 Å². The fourth-order valence-electron chi connectivity index (χ4n) is 2.23. The second kappa shape index (κ2) is 6.87. The van der Waals surface area contributed by atoms with Gasteiger partial charge in [-0.15, -0.1) is 11.3 Å². The molecule has 0 aliphatic carbocycles. The van der Waals surface area contributed by atoms with E-state index in [1.165, 1.54) is 16.3 Å². The maximum Gasteiger partial charge on any atom is 0.0624 e. The van der Waals surface area contributed by atoms with Crippen molar-refractivity contribution in [3.8, 4) is 0 Å². The average Bonchev–Trinajstić information content (AvgIpc) is 3.04. The van der Waals surface area contributed by atoms with E-state index in [1.54, 1.807) is 0 Å². The highest BCUT2D eigenvalue weighted by Gasteiger charge is 2.15. The van der Waals surface area contributed by atoms with Crippen LogP contribution >= 0.6 is 11.3 Å². The van der Waals surface area contributed by atoms with E-state index in [1.807, 2.05) is 23.1 Å². The molecule has 4 heteroatoms. The van der Waals surface area contributed by atoms with Crippen molar-refractivity contribution in [2.24, 2.45) is 7.05 Å². The molecule has 0 aromatic carbocycles. The topological polar surface area (TPSA) is 29.9 Å². The molecule has 0 radical (unpaired) electrons. The Hall–Kier alpha value is -1.13. The van der Waals surface area contributed by atoms with Crippen LogP contribution in [-0.2, 0) is 19.9 Å². The zero-order valence-corrected chi connectivity index (χ0v) is 12.8. The Morgan fingerprint density at radius 3 is 2.84 bits per heavy atom. The molecule has 2 heterocycles. The number of nitrogens with zero attached hydrogens (tertiary/aromatic N) is 2. The molecule has 0 bridgehead atoms. The molecule has 0 amide bonds. The van der Waals surface area contributed by atoms with E-state index in [9.17, 15) is 0 Å². The molecule has 2 aromatic heterocycles. The van der Waals surface area contributed by atoms with Gasteiger partial charge < -0.3 is 5.32 Å². The quantitative estimate of drug-likeness (QED) is 0.841. The molecule has 3 nitrogen and oxygen atoms in total. The maximum atomic E-state index is 4.54. The molecule has 19 heavy (non-hydrogen) atoms. The lowest BCUT2D eigenvalue weighted by atomic mass is 10.1. The van der Waals surface area contributed by atoms with Crippen LogP contribution in [0.3, 0.4) is 0 Å². The summed E-state index contributed by atoms with van der Waals surface area (Å²) >= 11 is 1.83. The maximum absolute atomic E-state index is 4.54. The predicted molar refractivity (Wildman–Crippen MR) is 81.6 cm³/mol. The normalized spacial score (nSPS) is 12.8. The molecule has 0 aliphatic heterocycles. The second-order valence-electron chi connectivity index (χ2n) is 4.83. The van der Waals surface area contributed by atoms with E-state index in [-0.39, 0.29) is 0 Å². The number of aryl methyl sites for hydroxylation is 2. The summed E-state index contributed by atoms with van der Waals surface area (Å²) in [5, 5.41) is 10.3. The van der Waals surface area contributed by atoms with Crippen LogP contribution in [0.25, 0.3) is 0 Å². The molecule has 0 saturated carbocycles. The molecule has 0 aliphatic rings. The van der Waals surface area contributed by atoms with Crippen molar-refractivity contribution in [2.45, 2.75) is 39.2 Å². The number of rotatable bonds is 7. The summed E-state index contributed by atoms with van der Waals surface area (Å²) in [6, 6.07) is 6.98. The Kier molecular flexibility index (Phi) is 5.16. The van der Waals surface area contributed by atoms with Crippen LogP contribution in [0.1, 0.15) is 42.6 Å². The summed E-state index contributed by atoms with van der Waals surface area (Å²) in [5.74, 6) is 0. The van der Waals surface area contributed by atoms with Crippen molar-refractivity contribution in [1.82, 2.24) is 15.1 Å². The van der Waals surface area contributed by atoms with Gasteiger partial charge in [0.25, 0.3) is 0 Å². The van der Waals surface area contributed by atoms with Crippen LogP contribution in [0.15, 0.2) is 23.6 Å². The van der Waals surface area contributed by atoms with E-state index < -0.39 is 0 Å². The zero-order chi connectivity index (χ0) is 13.7. The Morgan fingerprint density at radius 2 is 2.26 bits per heavy atom. The molecular weight excluding hydrogens is 254 g/mol. The summed E-state index contributed by atoms with van der Waals surface area (Å²) in [5.41, 5.74) is 2.48. The van der Waals surface area contributed by atoms with Crippen molar-refractivity contribution in [2.75, 3.05) is 6.54 Å².